The van der Waals surface area contributed by atoms with Gasteiger partial charge in [0.05, 0.1) is 13.7 Å². The van der Waals surface area contributed by atoms with Crippen molar-refractivity contribution >= 4 is 0 Å². The molecule has 0 spiro atoms. The van der Waals surface area contributed by atoms with E-state index in [1.807, 2.05) is 18.2 Å². The number of aliphatic hydroxyl groups excluding tert-OH is 1. The van der Waals surface area contributed by atoms with Crippen LogP contribution < -0.4 is 10.1 Å². The van der Waals surface area contributed by atoms with E-state index >= 15 is 0 Å². The fourth-order valence-electron chi connectivity index (χ4n) is 1.58. The number of ether oxygens (including phenoxy) is 1. The van der Waals surface area contributed by atoms with E-state index in [2.05, 4.69) is 18.3 Å². The third-order valence-corrected chi connectivity index (χ3v) is 2.32. The minimum absolute atomic E-state index is 0.177. The molecule has 3 heteroatoms. The van der Waals surface area contributed by atoms with Crippen LogP contribution in [0.4, 0.5) is 0 Å². The summed E-state index contributed by atoms with van der Waals surface area (Å²) in [6.07, 6.45) is 0.907. The molecule has 0 aliphatic rings. The lowest BCUT2D eigenvalue weighted by Crippen LogP contribution is -2.30. The van der Waals surface area contributed by atoms with Gasteiger partial charge in [-0.2, -0.15) is 0 Å². The number of hydrogen-bond donors (Lipinski definition) is 2. The zero-order valence-corrected chi connectivity index (χ0v) is 9.36. The second kappa shape index (κ2) is 6.43. The van der Waals surface area contributed by atoms with Crippen LogP contribution in [0.3, 0.4) is 0 Å². The lowest BCUT2D eigenvalue weighted by Gasteiger charge is -2.14. The largest absolute Gasteiger partial charge is 0.496 e. The number of para-hydroxylation sites is 1. The molecule has 1 atom stereocenters. The van der Waals surface area contributed by atoms with Gasteiger partial charge in [0.2, 0.25) is 0 Å². The van der Waals surface area contributed by atoms with Crippen LogP contribution in [0, 0.1) is 0 Å². The zero-order chi connectivity index (χ0) is 11.1. The van der Waals surface area contributed by atoms with E-state index in [4.69, 9.17) is 9.84 Å². The van der Waals surface area contributed by atoms with Crippen LogP contribution >= 0.6 is 0 Å². The van der Waals surface area contributed by atoms with E-state index in [1.54, 1.807) is 7.11 Å². The average molecular weight is 209 g/mol. The highest BCUT2D eigenvalue weighted by molar-refractivity contribution is 5.33. The second-order valence-electron chi connectivity index (χ2n) is 3.59. The van der Waals surface area contributed by atoms with Crippen LogP contribution in [0.25, 0.3) is 0 Å². The van der Waals surface area contributed by atoms with Gasteiger partial charge in [-0.15, -0.1) is 0 Å². The minimum atomic E-state index is 0.177. The molecule has 0 heterocycles. The molecule has 1 aromatic carbocycles. The number of methoxy groups -OCH3 is 1. The summed E-state index contributed by atoms with van der Waals surface area (Å²) in [5, 5.41) is 11.9. The molecule has 0 saturated heterocycles. The summed E-state index contributed by atoms with van der Waals surface area (Å²) in [5.74, 6) is 0.926. The van der Waals surface area contributed by atoms with E-state index in [1.165, 1.54) is 5.56 Å². The Morgan fingerprint density at radius 1 is 1.40 bits per heavy atom. The summed E-state index contributed by atoms with van der Waals surface area (Å²) < 4.78 is 5.27. The first-order valence-corrected chi connectivity index (χ1v) is 5.24. The molecular weight excluding hydrogens is 190 g/mol. The first kappa shape index (κ1) is 12.0. The topological polar surface area (TPSA) is 41.5 Å². The van der Waals surface area contributed by atoms with Crippen LogP contribution in [-0.2, 0) is 6.42 Å². The van der Waals surface area contributed by atoms with Crippen molar-refractivity contribution in [1.29, 1.82) is 0 Å². The minimum Gasteiger partial charge on any atom is -0.496 e. The van der Waals surface area contributed by atoms with Gasteiger partial charge in [0.1, 0.15) is 5.75 Å². The Labute approximate surface area is 91.1 Å². The lowest BCUT2D eigenvalue weighted by atomic mass is 10.1. The Hall–Kier alpha value is -1.06. The molecule has 0 amide bonds. The molecule has 0 aliphatic carbocycles. The summed E-state index contributed by atoms with van der Waals surface area (Å²) in [5.41, 5.74) is 1.19. The van der Waals surface area contributed by atoms with Crippen molar-refractivity contribution in [3.63, 3.8) is 0 Å². The van der Waals surface area contributed by atoms with Crippen LogP contribution in [0.15, 0.2) is 24.3 Å². The monoisotopic (exact) mass is 209 g/mol. The van der Waals surface area contributed by atoms with Crippen molar-refractivity contribution in [1.82, 2.24) is 5.32 Å². The van der Waals surface area contributed by atoms with Gasteiger partial charge in [0.25, 0.3) is 0 Å². The summed E-state index contributed by atoms with van der Waals surface area (Å²) >= 11 is 0. The summed E-state index contributed by atoms with van der Waals surface area (Å²) in [6, 6.07) is 8.35. The molecule has 2 N–H and O–H groups in total. The molecule has 1 rings (SSSR count). The normalized spacial score (nSPS) is 12.5. The van der Waals surface area contributed by atoms with E-state index in [9.17, 15) is 0 Å². The summed E-state index contributed by atoms with van der Waals surface area (Å²) in [7, 11) is 1.69. The van der Waals surface area contributed by atoms with Gasteiger partial charge in [0.15, 0.2) is 0 Å². The standard InChI is InChI=1S/C12H19NO2/c1-10(13-7-8-14)9-11-5-3-4-6-12(11)15-2/h3-6,10,13-14H,7-9H2,1-2H3. The fraction of sp³-hybridized carbons (Fsp3) is 0.500. The molecule has 15 heavy (non-hydrogen) atoms. The highest BCUT2D eigenvalue weighted by atomic mass is 16.5. The van der Waals surface area contributed by atoms with E-state index in [0.717, 1.165) is 12.2 Å². The first-order valence-electron chi connectivity index (χ1n) is 5.24. The number of rotatable bonds is 6. The highest BCUT2D eigenvalue weighted by Crippen LogP contribution is 2.18. The molecular formula is C12H19NO2. The van der Waals surface area contributed by atoms with Crippen LogP contribution in [0.2, 0.25) is 0 Å². The molecule has 0 aromatic heterocycles. The van der Waals surface area contributed by atoms with Crippen LogP contribution in [0.1, 0.15) is 12.5 Å². The Kier molecular flexibility index (Phi) is 5.15. The predicted molar refractivity (Wildman–Crippen MR) is 61.2 cm³/mol. The van der Waals surface area contributed by atoms with Gasteiger partial charge in [-0.3, -0.25) is 0 Å². The molecule has 0 fully saturated rings. The van der Waals surface area contributed by atoms with Crippen molar-refractivity contribution in [2.24, 2.45) is 0 Å². The molecule has 1 aromatic rings. The highest BCUT2D eigenvalue weighted by Gasteiger charge is 2.06. The first-order chi connectivity index (χ1) is 7.27. The van der Waals surface area contributed by atoms with E-state index in [-0.39, 0.29) is 6.61 Å². The van der Waals surface area contributed by atoms with Crippen LogP contribution in [0.5, 0.6) is 5.75 Å². The van der Waals surface area contributed by atoms with Crippen molar-refractivity contribution in [2.75, 3.05) is 20.3 Å². The van der Waals surface area contributed by atoms with E-state index in [0.29, 0.717) is 12.6 Å². The Morgan fingerprint density at radius 3 is 2.80 bits per heavy atom. The Bertz CT molecular complexity index is 289. The molecule has 0 saturated carbocycles. The number of nitrogens with one attached hydrogen (secondary N) is 1. The molecule has 0 aliphatic heterocycles. The molecule has 84 valence electrons. The average Bonchev–Trinajstić information content (AvgIpc) is 2.27. The summed E-state index contributed by atoms with van der Waals surface area (Å²) in [4.78, 5) is 0. The Balaban J connectivity index is 2.55. The predicted octanol–water partition coefficient (Wildman–Crippen LogP) is 1.21. The second-order valence-corrected chi connectivity index (χ2v) is 3.59. The molecule has 0 radical (unpaired) electrons. The van der Waals surface area contributed by atoms with Crippen molar-refractivity contribution in [3.8, 4) is 5.75 Å². The SMILES string of the molecule is COc1ccccc1CC(C)NCCO. The van der Waals surface area contributed by atoms with Gasteiger partial charge in [-0.1, -0.05) is 18.2 Å². The van der Waals surface area contributed by atoms with Crippen LogP contribution in [-0.4, -0.2) is 31.4 Å². The Morgan fingerprint density at radius 2 is 2.13 bits per heavy atom. The van der Waals surface area contributed by atoms with Crippen molar-refractivity contribution in [3.05, 3.63) is 29.8 Å². The molecule has 0 bridgehead atoms. The van der Waals surface area contributed by atoms with Gasteiger partial charge in [-0.05, 0) is 25.0 Å². The van der Waals surface area contributed by atoms with Crippen molar-refractivity contribution < 1.29 is 9.84 Å². The van der Waals surface area contributed by atoms with Gasteiger partial charge in [0, 0.05) is 12.6 Å². The van der Waals surface area contributed by atoms with Gasteiger partial charge in [-0.25, -0.2) is 0 Å². The van der Waals surface area contributed by atoms with E-state index < -0.39 is 0 Å². The number of hydrogen-bond acceptors (Lipinski definition) is 3. The van der Waals surface area contributed by atoms with Gasteiger partial charge >= 0.3 is 0 Å². The molecule has 1 unspecified atom stereocenters. The fourth-order valence-corrected chi connectivity index (χ4v) is 1.58. The smallest absolute Gasteiger partial charge is 0.122 e. The van der Waals surface area contributed by atoms with Gasteiger partial charge < -0.3 is 15.2 Å². The summed E-state index contributed by atoms with van der Waals surface area (Å²) in [6.45, 7) is 2.91. The number of aliphatic hydroxyl groups is 1. The quantitative estimate of drug-likeness (QED) is 0.740. The maximum absolute atomic E-state index is 8.69. The maximum Gasteiger partial charge on any atom is 0.122 e. The number of benzene rings is 1. The molecule has 3 nitrogen and oxygen atoms in total. The lowest BCUT2D eigenvalue weighted by molar-refractivity contribution is 0.285. The maximum atomic E-state index is 8.69. The third-order valence-electron chi connectivity index (χ3n) is 2.32. The van der Waals surface area contributed by atoms with Crippen molar-refractivity contribution in [2.45, 2.75) is 19.4 Å². The zero-order valence-electron chi connectivity index (χ0n) is 9.36. The third kappa shape index (κ3) is 3.90.